The average Bonchev–Trinajstić information content (AvgIpc) is 3.07. The second-order valence-electron chi connectivity index (χ2n) is 8.19. The van der Waals surface area contributed by atoms with Crippen molar-refractivity contribution in [3.8, 4) is 5.75 Å². The Labute approximate surface area is 151 Å². The summed E-state index contributed by atoms with van der Waals surface area (Å²) < 4.78 is 5.98. The molecule has 4 nitrogen and oxygen atoms in total. The van der Waals surface area contributed by atoms with Gasteiger partial charge in [-0.1, -0.05) is 18.6 Å². The van der Waals surface area contributed by atoms with Crippen molar-refractivity contribution in [1.29, 1.82) is 0 Å². The molecule has 2 heterocycles. The lowest BCUT2D eigenvalue weighted by atomic mass is 10.1. The standard InChI is InChI=1S/C21H32N2O2/c24-18-7-4-6-17(12-18)13-23-14-19-20(15-23)21(19)16-25-11-5-10-22-8-2-1-3-9-22/h4,6-7,12,19-21,24H,1-3,5,8-11,13-16H2/t19-,20+,21?. The van der Waals surface area contributed by atoms with Crippen LogP contribution in [-0.4, -0.2) is 60.8 Å². The fraction of sp³-hybridized carbons (Fsp3) is 0.714. The molecular formula is C21H32N2O2. The number of ether oxygens (including phenoxy) is 1. The molecule has 3 aliphatic rings. The predicted molar refractivity (Wildman–Crippen MR) is 99.6 cm³/mol. The lowest BCUT2D eigenvalue weighted by Crippen LogP contribution is -2.31. The number of hydrogen-bond donors (Lipinski definition) is 1. The van der Waals surface area contributed by atoms with Gasteiger partial charge in [-0.05, 0) is 67.8 Å². The molecule has 0 bridgehead atoms. The number of piperidine rings is 2. The first-order valence-electron chi connectivity index (χ1n) is 10.1. The topological polar surface area (TPSA) is 35.9 Å². The summed E-state index contributed by atoms with van der Waals surface area (Å²) in [5, 5.41) is 9.58. The lowest BCUT2D eigenvalue weighted by Gasteiger charge is -2.26. The summed E-state index contributed by atoms with van der Waals surface area (Å²) in [6, 6.07) is 7.66. The first kappa shape index (κ1) is 17.3. The van der Waals surface area contributed by atoms with Crippen LogP contribution in [0.1, 0.15) is 31.2 Å². The highest BCUT2D eigenvalue weighted by molar-refractivity contribution is 5.27. The molecule has 1 N–H and O–H groups in total. The summed E-state index contributed by atoms with van der Waals surface area (Å²) >= 11 is 0. The second-order valence-corrected chi connectivity index (χ2v) is 8.19. The first-order valence-corrected chi connectivity index (χ1v) is 10.1. The molecule has 0 spiro atoms. The summed E-state index contributed by atoms with van der Waals surface area (Å²) in [6.45, 7) is 9.06. The number of nitrogens with zero attached hydrogens (tertiary/aromatic N) is 2. The van der Waals surface area contributed by atoms with Crippen molar-refractivity contribution in [2.75, 3.05) is 45.9 Å². The Hall–Kier alpha value is -1.10. The molecule has 1 aromatic carbocycles. The van der Waals surface area contributed by atoms with Crippen LogP contribution in [0.3, 0.4) is 0 Å². The van der Waals surface area contributed by atoms with Gasteiger partial charge in [0.2, 0.25) is 0 Å². The third kappa shape index (κ3) is 4.55. The Kier molecular flexibility index (Phi) is 5.59. The molecule has 0 amide bonds. The fourth-order valence-electron chi connectivity index (χ4n) is 4.82. The Bertz CT molecular complexity index is 547. The summed E-state index contributed by atoms with van der Waals surface area (Å²) in [5.41, 5.74) is 1.21. The molecular weight excluding hydrogens is 312 g/mol. The maximum atomic E-state index is 9.58. The van der Waals surface area contributed by atoms with Crippen LogP contribution in [0.15, 0.2) is 24.3 Å². The van der Waals surface area contributed by atoms with E-state index >= 15 is 0 Å². The summed E-state index contributed by atoms with van der Waals surface area (Å²) in [4.78, 5) is 5.12. The molecule has 25 heavy (non-hydrogen) atoms. The van der Waals surface area contributed by atoms with Crippen molar-refractivity contribution in [3.63, 3.8) is 0 Å². The summed E-state index contributed by atoms with van der Waals surface area (Å²) in [6.07, 6.45) is 5.36. The molecule has 2 saturated heterocycles. The zero-order valence-corrected chi connectivity index (χ0v) is 15.3. The number of fused-ring (bicyclic) bond motifs is 1. The van der Waals surface area contributed by atoms with E-state index in [1.807, 2.05) is 12.1 Å². The molecule has 0 aromatic heterocycles. The number of phenolic OH excluding ortho intramolecular Hbond substituents is 1. The van der Waals surface area contributed by atoms with E-state index in [4.69, 9.17) is 4.74 Å². The normalized spacial score (nSPS) is 29.7. The minimum Gasteiger partial charge on any atom is -0.508 e. The van der Waals surface area contributed by atoms with E-state index in [1.54, 1.807) is 6.07 Å². The zero-order chi connectivity index (χ0) is 17.1. The number of phenols is 1. The van der Waals surface area contributed by atoms with Gasteiger partial charge in [0.15, 0.2) is 0 Å². The second kappa shape index (κ2) is 8.07. The van der Waals surface area contributed by atoms with E-state index in [9.17, 15) is 5.11 Å². The molecule has 3 fully saturated rings. The molecule has 2 aliphatic heterocycles. The van der Waals surface area contributed by atoms with Crippen molar-refractivity contribution in [2.45, 2.75) is 32.2 Å². The van der Waals surface area contributed by atoms with E-state index in [1.165, 1.54) is 64.0 Å². The zero-order valence-electron chi connectivity index (χ0n) is 15.3. The van der Waals surface area contributed by atoms with Gasteiger partial charge in [0, 0.05) is 32.8 Å². The van der Waals surface area contributed by atoms with E-state index in [0.29, 0.717) is 5.75 Å². The number of aromatic hydroxyl groups is 1. The molecule has 138 valence electrons. The quantitative estimate of drug-likeness (QED) is 0.736. The number of likely N-dealkylation sites (tertiary alicyclic amines) is 2. The van der Waals surface area contributed by atoms with Crippen molar-refractivity contribution in [1.82, 2.24) is 9.80 Å². The third-order valence-corrected chi connectivity index (χ3v) is 6.29. The van der Waals surface area contributed by atoms with Crippen molar-refractivity contribution in [2.24, 2.45) is 17.8 Å². The molecule has 1 aromatic rings. The predicted octanol–water partition coefficient (Wildman–Crippen LogP) is 2.96. The van der Waals surface area contributed by atoms with Crippen LogP contribution < -0.4 is 0 Å². The summed E-state index contributed by atoms with van der Waals surface area (Å²) in [7, 11) is 0. The highest BCUT2D eigenvalue weighted by Gasteiger charge is 2.55. The molecule has 1 aliphatic carbocycles. The van der Waals surface area contributed by atoms with Gasteiger partial charge in [-0.3, -0.25) is 4.90 Å². The highest BCUT2D eigenvalue weighted by atomic mass is 16.5. The van der Waals surface area contributed by atoms with Gasteiger partial charge in [0.05, 0.1) is 6.61 Å². The Morgan fingerprint density at radius 3 is 2.60 bits per heavy atom. The van der Waals surface area contributed by atoms with Crippen LogP contribution in [0.4, 0.5) is 0 Å². The third-order valence-electron chi connectivity index (χ3n) is 6.29. The highest BCUT2D eigenvalue weighted by Crippen LogP contribution is 2.52. The maximum absolute atomic E-state index is 9.58. The largest absolute Gasteiger partial charge is 0.508 e. The number of hydrogen-bond acceptors (Lipinski definition) is 4. The van der Waals surface area contributed by atoms with Gasteiger partial charge in [-0.25, -0.2) is 0 Å². The van der Waals surface area contributed by atoms with Crippen molar-refractivity contribution >= 4 is 0 Å². The van der Waals surface area contributed by atoms with Crippen LogP contribution >= 0.6 is 0 Å². The van der Waals surface area contributed by atoms with E-state index in [2.05, 4.69) is 15.9 Å². The van der Waals surface area contributed by atoms with Gasteiger partial charge in [-0.15, -0.1) is 0 Å². The van der Waals surface area contributed by atoms with Gasteiger partial charge >= 0.3 is 0 Å². The van der Waals surface area contributed by atoms with Crippen LogP contribution in [0.2, 0.25) is 0 Å². The minimum atomic E-state index is 0.373. The van der Waals surface area contributed by atoms with Gasteiger partial charge in [0.25, 0.3) is 0 Å². The van der Waals surface area contributed by atoms with Crippen LogP contribution in [0.25, 0.3) is 0 Å². The molecule has 0 radical (unpaired) electrons. The Balaban J connectivity index is 1.08. The van der Waals surface area contributed by atoms with Crippen LogP contribution in [-0.2, 0) is 11.3 Å². The van der Waals surface area contributed by atoms with E-state index in [0.717, 1.165) is 37.5 Å². The van der Waals surface area contributed by atoms with E-state index < -0.39 is 0 Å². The van der Waals surface area contributed by atoms with Crippen molar-refractivity contribution < 1.29 is 9.84 Å². The first-order chi connectivity index (χ1) is 12.3. The molecule has 4 rings (SSSR count). The Morgan fingerprint density at radius 1 is 1.04 bits per heavy atom. The van der Waals surface area contributed by atoms with E-state index in [-0.39, 0.29) is 0 Å². The summed E-state index contributed by atoms with van der Waals surface area (Å²) in [5.74, 6) is 2.87. The minimum absolute atomic E-state index is 0.373. The van der Waals surface area contributed by atoms with Crippen LogP contribution in [0.5, 0.6) is 5.75 Å². The van der Waals surface area contributed by atoms with Gasteiger partial charge < -0.3 is 14.7 Å². The molecule has 4 heteroatoms. The number of benzene rings is 1. The molecule has 1 saturated carbocycles. The Morgan fingerprint density at radius 2 is 1.84 bits per heavy atom. The van der Waals surface area contributed by atoms with Crippen LogP contribution in [0, 0.1) is 17.8 Å². The smallest absolute Gasteiger partial charge is 0.115 e. The molecule has 3 atom stereocenters. The van der Waals surface area contributed by atoms with Crippen molar-refractivity contribution in [3.05, 3.63) is 29.8 Å². The molecule has 1 unspecified atom stereocenters. The fourth-order valence-corrected chi connectivity index (χ4v) is 4.82. The SMILES string of the molecule is Oc1cccc(CN2C[C@@H]3C(COCCCN4CCCCC4)[C@@H]3C2)c1. The van der Waals surface area contributed by atoms with Gasteiger partial charge in [-0.2, -0.15) is 0 Å². The van der Waals surface area contributed by atoms with Gasteiger partial charge in [0.1, 0.15) is 5.75 Å². The number of rotatable bonds is 8. The maximum Gasteiger partial charge on any atom is 0.115 e. The lowest BCUT2D eigenvalue weighted by molar-refractivity contribution is 0.0967. The monoisotopic (exact) mass is 344 g/mol. The average molecular weight is 344 g/mol.